The van der Waals surface area contributed by atoms with E-state index in [4.69, 9.17) is 12.2 Å². The van der Waals surface area contributed by atoms with Crippen molar-refractivity contribution in [1.82, 2.24) is 5.32 Å². The zero-order chi connectivity index (χ0) is 15.4. The number of hydrogen-bond donors (Lipinski definition) is 2. The predicted molar refractivity (Wildman–Crippen MR) is 96.0 cm³/mol. The summed E-state index contributed by atoms with van der Waals surface area (Å²) in [5, 5.41) is 6.39. The first-order chi connectivity index (χ1) is 9.97. The molecule has 2 aromatic carbocycles. The van der Waals surface area contributed by atoms with Gasteiger partial charge in [0.05, 0.1) is 11.7 Å². The molecule has 110 valence electrons. The Morgan fingerprint density at radius 3 is 2.48 bits per heavy atom. The van der Waals surface area contributed by atoms with Crippen LogP contribution in [0.3, 0.4) is 0 Å². The van der Waals surface area contributed by atoms with Crippen molar-refractivity contribution < 1.29 is 4.39 Å². The lowest BCUT2D eigenvalue weighted by molar-refractivity contribution is 0.630. The van der Waals surface area contributed by atoms with Gasteiger partial charge in [-0.3, -0.25) is 0 Å². The molecule has 1 atom stereocenters. The molecule has 0 aromatic heterocycles. The number of hydrogen-bond acceptors (Lipinski definition) is 1. The number of benzene rings is 2. The van der Waals surface area contributed by atoms with Crippen LogP contribution >= 0.6 is 44.1 Å². The van der Waals surface area contributed by atoms with Crippen LogP contribution in [0.4, 0.5) is 10.1 Å². The predicted octanol–water partition coefficient (Wildman–Crippen LogP) is 5.40. The maximum atomic E-state index is 13.9. The summed E-state index contributed by atoms with van der Waals surface area (Å²) in [5.41, 5.74) is 1.42. The second kappa shape index (κ2) is 7.33. The standard InChI is InChI=1S/C15H13Br2FN2S/c1-9(10-5-3-2-4-6-10)19-15(21)20-14-12(17)7-11(16)8-13(14)18/h2-9H,1H3,(H2,19,20,21). The van der Waals surface area contributed by atoms with Crippen LogP contribution in [-0.4, -0.2) is 5.11 Å². The maximum absolute atomic E-state index is 13.9. The van der Waals surface area contributed by atoms with Crippen LogP contribution in [0, 0.1) is 5.82 Å². The summed E-state index contributed by atoms with van der Waals surface area (Å²) in [4.78, 5) is 0. The Kier molecular flexibility index (Phi) is 5.72. The van der Waals surface area contributed by atoms with E-state index in [0.717, 1.165) is 5.56 Å². The van der Waals surface area contributed by atoms with Gasteiger partial charge in [-0.25, -0.2) is 4.39 Å². The van der Waals surface area contributed by atoms with Crippen molar-refractivity contribution in [3.8, 4) is 0 Å². The SMILES string of the molecule is CC(NC(=S)Nc1c(F)cc(Br)cc1Br)c1ccccc1. The average Bonchev–Trinajstić information content (AvgIpc) is 2.43. The van der Waals surface area contributed by atoms with Gasteiger partial charge >= 0.3 is 0 Å². The first-order valence-electron chi connectivity index (χ1n) is 6.24. The Bertz CT molecular complexity index is 626. The molecule has 2 rings (SSSR count). The Labute approximate surface area is 145 Å². The third-order valence-electron chi connectivity index (χ3n) is 2.89. The van der Waals surface area contributed by atoms with Crippen molar-refractivity contribution in [2.75, 3.05) is 5.32 Å². The summed E-state index contributed by atoms with van der Waals surface area (Å²) in [6.45, 7) is 2.00. The number of halogens is 3. The van der Waals surface area contributed by atoms with E-state index in [0.29, 0.717) is 19.7 Å². The highest BCUT2D eigenvalue weighted by molar-refractivity contribution is 9.11. The summed E-state index contributed by atoms with van der Waals surface area (Å²) in [6.07, 6.45) is 0. The average molecular weight is 432 g/mol. The topological polar surface area (TPSA) is 24.1 Å². The van der Waals surface area contributed by atoms with Gasteiger partial charge in [-0.15, -0.1) is 0 Å². The van der Waals surface area contributed by atoms with Crippen molar-refractivity contribution >= 4 is 54.9 Å². The van der Waals surface area contributed by atoms with Gasteiger partial charge in [-0.1, -0.05) is 46.3 Å². The van der Waals surface area contributed by atoms with Crippen LogP contribution in [0.5, 0.6) is 0 Å². The van der Waals surface area contributed by atoms with Crippen molar-refractivity contribution in [2.24, 2.45) is 0 Å². The summed E-state index contributed by atoms with van der Waals surface area (Å²) < 4.78 is 15.2. The van der Waals surface area contributed by atoms with Gasteiger partial charge in [0.25, 0.3) is 0 Å². The number of thiocarbonyl (C=S) groups is 1. The molecule has 0 saturated heterocycles. The van der Waals surface area contributed by atoms with Gasteiger partial charge < -0.3 is 10.6 Å². The minimum absolute atomic E-state index is 0.0310. The molecule has 2 aromatic rings. The van der Waals surface area contributed by atoms with Crippen molar-refractivity contribution in [2.45, 2.75) is 13.0 Å². The van der Waals surface area contributed by atoms with E-state index >= 15 is 0 Å². The normalized spacial score (nSPS) is 11.8. The molecule has 0 heterocycles. The summed E-state index contributed by atoms with van der Waals surface area (Å²) in [7, 11) is 0. The molecular weight excluding hydrogens is 419 g/mol. The fourth-order valence-corrected chi connectivity index (χ4v) is 3.38. The van der Waals surface area contributed by atoms with E-state index in [-0.39, 0.29) is 11.9 Å². The molecule has 0 aliphatic heterocycles. The molecule has 1 unspecified atom stereocenters. The first kappa shape index (κ1) is 16.4. The second-order valence-corrected chi connectivity index (χ2v) is 6.65. The quantitative estimate of drug-likeness (QED) is 0.636. The third kappa shape index (κ3) is 4.49. The summed E-state index contributed by atoms with van der Waals surface area (Å²) in [5.74, 6) is -0.382. The second-order valence-electron chi connectivity index (χ2n) is 4.48. The Morgan fingerprint density at radius 1 is 1.19 bits per heavy atom. The van der Waals surface area contributed by atoms with Gasteiger partial charge in [0.15, 0.2) is 5.11 Å². The number of rotatable bonds is 3. The minimum atomic E-state index is -0.382. The summed E-state index contributed by atoms with van der Waals surface area (Å²) >= 11 is 11.8. The fraction of sp³-hybridized carbons (Fsp3) is 0.133. The van der Waals surface area contributed by atoms with E-state index in [1.807, 2.05) is 37.3 Å². The summed E-state index contributed by atoms with van der Waals surface area (Å²) in [6, 6.07) is 13.1. The van der Waals surface area contributed by atoms with Crippen molar-refractivity contribution in [3.05, 3.63) is 62.8 Å². The number of anilines is 1. The molecule has 0 fully saturated rings. The maximum Gasteiger partial charge on any atom is 0.171 e. The van der Waals surface area contributed by atoms with Crippen LogP contribution in [0.25, 0.3) is 0 Å². The molecule has 0 spiro atoms. The van der Waals surface area contributed by atoms with Gasteiger partial charge in [0.2, 0.25) is 0 Å². The largest absolute Gasteiger partial charge is 0.356 e. The van der Waals surface area contributed by atoms with E-state index in [1.165, 1.54) is 6.07 Å². The van der Waals surface area contributed by atoms with Crippen LogP contribution in [0.1, 0.15) is 18.5 Å². The van der Waals surface area contributed by atoms with Crippen LogP contribution in [0.2, 0.25) is 0 Å². The Balaban J connectivity index is 2.06. The monoisotopic (exact) mass is 430 g/mol. The molecule has 0 amide bonds. The Morgan fingerprint density at radius 2 is 1.86 bits per heavy atom. The molecule has 0 aliphatic rings. The lowest BCUT2D eigenvalue weighted by Gasteiger charge is -2.18. The fourth-order valence-electron chi connectivity index (χ4n) is 1.83. The van der Waals surface area contributed by atoms with Gasteiger partial charge in [-0.2, -0.15) is 0 Å². The molecule has 6 heteroatoms. The molecular formula is C15H13Br2FN2S. The first-order valence-corrected chi connectivity index (χ1v) is 8.24. The van der Waals surface area contributed by atoms with Crippen molar-refractivity contribution in [3.63, 3.8) is 0 Å². The van der Waals surface area contributed by atoms with Gasteiger partial charge in [0.1, 0.15) is 5.82 Å². The zero-order valence-electron chi connectivity index (χ0n) is 11.2. The Hall–Kier alpha value is -0.980. The lowest BCUT2D eigenvalue weighted by Crippen LogP contribution is -2.31. The smallest absolute Gasteiger partial charge is 0.171 e. The molecule has 2 N–H and O–H groups in total. The minimum Gasteiger partial charge on any atom is -0.356 e. The van der Waals surface area contributed by atoms with Gasteiger partial charge in [-0.05, 0) is 52.8 Å². The highest BCUT2D eigenvalue weighted by Gasteiger charge is 2.12. The molecule has 0 radical (unpaired) electrons. The zero-order valence-corrected chi connectivity index (χ0v) is 15.1. The molecule has 0 saturated carbocycles. The van der Waals surface area contributed by atoms with Crippen molar-refractivity contribution in [1.29, 1.82) is 0 Å². The highest BCUT2D eigenvalue weighted by atomic mass is 79.9. The van der Waals surface area contributed by atoms with E-state index in [9.17, 15) is 4.39 Å². The van der Waals surface area contributed by atoms with Crippen LogP contribution in [0.15, 0.2) is 51.4 Å². The highest BCUT2D eigenvalue weighted by Crippen LogP contribution is 2.29. The van der Waals surface area contributed by atoms with E-state index in [2.05, 4.69) is 42.5 Å². The number of nitrogens with one attached hydrogen (secondary N) is 2. The van der Waals surface area contributed by atoms with E-state index in [1.54, 1.807) is 6.07 Å². The van der Waals surface area contributed by atoms with E-state index < -0.39 is 0 Å². The van der Waals surface area contributed by atoms with Crippen LogP contribution < -0.4 is 10.6 Å². The lowest BCUT2D eigenvalue weighted by atomic mass is 10.1. The molecule has 0 aliphatic carbocycles. The molecule has 0 bridgehead atoms. The molecule has 2 nitrogen and oxygen atoms in total. The molecule has 21 heavy (non-hydrogen) atoms. The third-order valence-corrected chi connectivity index (χ3v) is 4.20. The van der Waals surface area contributed by atoms with Crippen LogP contribution in [-0.2, 0) is 0 Å². The van der Waals surface area contributed by atoms with Gasteiger partial charge in [0, 0.05) is 8.95 Å².